The molecule has 0 fully saturated rings. The maximum absolute atomic E-state index is 13.0. The second-order valence-electron chi connectivity index (χ2n) is 6.65. The van der Waals surface area contributed by atoms with Crippen LogP contribution >= 0.6 is 0 Å². The molecule has 0 spiro atoms. The van der Waals surface area contributed by atoms with E-state index in [9.17, 15) is 19.2 Å². The van der Waals surface area contributed by atoms with Gasteiger partial charge in [0.1, 0.15) is 0 Å². The van der Waals surface area contributed by atoms with Crippen molar-refractivity contribution < 1.29 is 19.2 Å². The first-order chi connectivity index (χ1) is 14.0. The van der Waals surface area contributed by atoms with Gasteiger partial charge in [0.15, 0.2) is 11.6 Å². The molecule has 6 nitrogen and oxygen atoms in total. The highest BCUT2D eigenvalue weighted by Gasteiger charge is 2.31. The van der Waals surface area contributed by atoms with E-state index >= 15 is 0 Å². The van der Waals surface area contributed by atoms with Crippen molar-refractivity contribution in [2.45, 2.75) is 6.92 Å². The van der Waals surface area contributed by atoms with Crippen LogP contribution in [0.3, 0.4) is 0 Å². The van der Waals surface area contributed by atoms with Gasteiger partial charge in [-0.1, -0.05) is 42.5 Å². The van der Waals surface area contributed by atoms with Gasteiger partial charge in [0.05, 0.1) is 11.3 Å². The number of fused-ring (bicyclic) bond motifs is 2. The van der Waals surface area contributed by atoms with Gasteiger partial charge >= 0.3 is 0 Å². The van der Waals surface area contributed by atoms with Crippen LogP contribution in [-0.4, -0.2) is 23.4 Å². The van der Waals surface area contributed by atoms with Crippen LogP contribution in [0.25, 0.3) is 0 Å². The molecule has 2 N–H and O–H groups in total. The van der Waals surface area contributed by atoms with Crippen molar-refractivity contribution in [1.82, 2.24) is 0 Å². The van der Waals surface area contributed by atoms with E-state index in [0.717, 1.165) is 0 Å². The summed E-state index contributed by atoms with van der Waals surface area (Å²) in [5, 5.41) is 5.34. The van der Waals surface area contributed by atoms with E-state index in [4.69, 9.17) is 0 Å². The zero-order valence-electron chi connectivity index (χ0n) is 15.5. The zero-order chi connectivity index (χ0) is 20.5. The van der Waals surface area contributed by atoms with E-state index < -0.39 is 5.91 Å². The lowest BCUT2D eigenvalue weighted by Crippen LogP contribution is -2.24. The van der Waals surface area contributed by atoms with Gasteiger partial charge < -0.3 is 10.6 Å². The number of benzene rings is 3. The van der Waals surface area contributed by atoms with Gasteiger partial charge in [0, 0.05) is 34.9 Å². The van der Waals surface area contributed by atoms with Crippen molar-refractivity contribution in [2.75, 3.05) is 10.6 Å². The molecule has 0 radical (unpaired) electrons. The van der Waals surface area contributed by atoms with Crippen molar-refractivity contribution in [2.24, 2.45) is 0 Å². The normalized spacial score (nSPS) is 12.0. The van der Waals surface area contributed by atoms with E-state index in [-0.39, 0.29) is 34.3 Å². The van der Waals surface area contributed by atoms with Gasteiger partial charge in [0.2, 0.25) is 5.91 Å². The van der Waals surface area contributed by atoms with Crippen LogP contribution in [0.5, 0.6) is 0 Å². The number of hydrogen-bond acceptors (Lipinski definition) is 4. The molecule has 3 aromatic carbocycles. The quantitative estimate of drug-likeness (QED) is 0.564. The van der Waals surface area contributed by atoms with Gasteiger partial charge in [0.25, 0.3) is 5.91 Å². The van der Waals surface area contributed by atoms with Gasteiger partial charge in [-0.2, -0.15) is 0 Å². The summed E-state index contributed by atoms with van der Waals surface area (Å²) < 4.78 is 0. The van der Waals surface area contributed by atoms with Crippen molar-refractivity contribution in [1.29, 1.82) is 0 Å². The standard InChI is InChI=1S/C23H16N2O4/c1-13(26)24-15-7-4-6-14(12-15)23(29)25-19-11-5-10-18-20(19)22(28)17-9-3-2-8-16(17)21(18)27/h2-12H,1H3,(H,24,26)(H,25,29). The molecule has 0 bridgehead atoms. The monoisotopic (exact) mass is 384 g/mol. The summed E-state index contributed by atoms with van der Waals surface area (Å²) >= 11 is 0. The summed E-state index contributed by atoms with van der Waals surface area (Å²) in [6, 6.07) is 17.9. The minimum absolute atomic E-state index is 0.183. The highest BCUT2D eigenvalue weighted by molar-refractivity contribution is 6.30. The van der Waals surface area contributed by atoms with Crippen LogP contribution < -0.4 is 10.6 Å². The van der Waals surface area contributed by atoms with Crippen LogP contribution in [0.15, 0.2) is 66.7 Å². The summed E-state index contributed by atoms with van der Waals surface area (Å²) in [6.07, 6.45) is 0. The Morgan fingerprint density at radius 3 is 2.10 bits per heavy atom. The lowest BCUT2D eigenvalue weighted by Gasteiger charge is -2.20. The van der Waals surface area contributed by atoms with Gasteiger partial charge in [-0.05, 0) is 24.3 Å². The van der Waals surface area contributed by atoms with Crippen molar-refractivity contribution in [3.8, 4) is 0 Å². The molecule has 1 aliphatic carbocycles. The lowest BCUT2D eigenvalue weighted by atomic mass is 9.83. The molecule has 0 heterocycles. The first kappa shape index (κ1) is 18.3. The molecule has 3 aromatic rings. The van der Waals surface area contributed by atoms with Gasteiger partial charge in [-0.3, -0.25) is 19.2 Å². The third kappa shape index (κ3) is 3.32. The van der Waals surface area contributed by atoms with Crippen LogP contribution in [0.4, 0.5) is 11.4 Å². The second-order valence-corrected chi connectivity index (χ2v) is 6.65. The molecule has 6 heteroatoms. The van der Waals surface area contributed by atoms with Crippen molar-refractivity contribution >= 4 is 34.8 Å². The third-order valence-corrected chi connectivity index (χ3v) is 4.65. The van der Waals surface area contributed by atoms with Crippen LogP contribution in [0.2, 0.25) is 0 Å². The Labute approximate surface area is 166 Å². The van der Waals surface area contributed by atoms with Crippen molar-refractivity contribution in [3.05, 3.63) is 94.5 Å². The lowest BCUT2D eigenvalue weighted by molar-refractivity contribution is -0.114. The molecule has 0 saturated carbocycles. The van der Waals surface area contributed by atoms with Crippen LogP contribution in [-0.2, 0) is 4.79 Å². The Morgan fingerprint density at radius 2 is 1.38 bits per heavy atom. The predicted molar refractivity (Wildman–Crippen MR) is 108 cm³/mol. The molecule has 29 heavy (non-hydrogen) atoms. The number of carbonyl (C=O) groups excluding carboxylic acids is 4. The first-order valence-electron chi connectivity index (χ1n) is 8.96. The molecule has 1 aliphatic rings. The molecular weight excluding hydrogens is 368 g/mol. The average molecular weight is 384 g/mol. The summed E-state index contributed by atoms with van der Waals surface area (Å²) in [7, 11) is 0. The van der Waals surface area contributed by atoms with Crippen LogP contribution in [0.1, 0.15) is 49.1 Å². The maximum Gasteiger partial charge on any atom is 0.255 e. The van der Waals surface area contributed by atoms with E-state index in [0.29, 0.717) is 22.4 Å². The minimum Gasteiger partial charge on any atom is -0.326 e. The minimum atomic E-state index is -0.454. The second kappa shape index (κ2) is 7.16. The summed E-state index contributed by atoms with van der Waals surface area (Å²) in [6.45, 7) is 1.38. The van der Waals surface area contributed by atoms with E-state index in [1.165, 1.54) is 13.0 Å². The SMILES string of the molecule is CC(=O)Nc1cccc(C(=O)Nc2cccc3c2C(=O)c2ccccc2C3=O)c1. The zero-order valence-corrected chi connectivity index (χ0v) is 15.5. The first-order valence-corrected chi connectivity index (χ1v) is 8.96. The van der Waals surface area contributed by atoms with E-state index in [2.05, 4.69) is 10.6 Å². The Bertz CT molecular complexity index is 1200. The number of carbonyl (C=O) groups is 4. The molecule has 0 aromatic heterocycles. The highest BCUT2D eigenvalue weighted by atomic mass is 16.2. The number of rotatable bonds is 3. The number of anilines is 2. The number of nitrogens with one attached hydrogen (secondary N) is 2. The summed E-state index contributed by atoms with van der Waals surface area (Å²) in [5.74, 6) is -1.26. The molecule has 0 unspecified atom stereocenters. The largest absolute Gasteiger partial charge is 0.326 e. The molecule has 0 atom stereocenters. The Morgan fingerprint density at radius 1 is 0.724 bits per heavy atom. The Hall–Kier alpha value is -4.06. The molecular formula is C23H16N2O4. The molecule has 0 saturated heterocycles. The third-order valence-electron chi connectivity index (χ3n) is 4.65. The fraction of sp³-hybridized carbons (Fsp3) is 0.0435. The topological polar surface area (TPSA) is 92.3 Å². The maximum atomic E-state index is 13.0. The molecule has 2 amide bonds. The Kier molecular flexibility index (Phi) is 4.52. The van der Waals surface area contributed by atoms with Gasteiger partial charge in [-0.15, -0.1) is 0 Å². The average Bonchev–Trinajstić information content (AvgIpc) is 2.71. The fourth-order valence-electron chi connectivity index (χ4n) is 3.39. The smallest absolute Gasteiger partial charge is 0.255 e. The summed E-state index contributed by atoms with van der Waals surface area (Å²) in [5.41, 5.74) is 2.19. The summed E-state index contributed by atoms with van der Waals surface area (Å²) in [4.78, 5) is 49.8. The molecule has 0 aliphatic heterocycles. The fourth-order valence-corrected chi connectivity index (χ4v) is 3.39. The van der Waals surface area contributed by atoms with E-state index in [1.807, 2.05) is 0 Å². The van der Waals surface area contributed by atoms with Gasteiger partial charge in [-0.25, -0.2) is 0 Å². The predicted octanol–water partition coefficient (Wildman–Crippen LogP) is 3.67. The van der Waals surface area contributed by atoms with Crippen LogP contribution in [0, 0.1) is 0 Å². The highest BCUT2D eigenvalue weighted by Crippen LogP contribution is 2.32. The molecule has 4 rings (SSSR count). The molecule has 142 valence electrons. The number of amides is 2. The number of hydrogen-bond donors (Lipinski definition) is 2. The number of ketones is 2. The van der Waals surface area contributed by atoms with Crippen molar-refractivity contribution in [3.63, 3.8) is 0 Å². The Balaban J connectivity index is 1.70. The van der Waals surface area contributed by atoms with E-state index in [1.54, 1.807) is 60.7 Å².